The standard InChI is InChI=1S/C18H17N3O3/c1-11-2-3-15-12(6-18(23)24-16(15)4-11)5-17(22)20-13-7-14-8-19-10-21(14)9-13/h2-4,6,8,10,13H,5,7,9H2,1H3,(H,20,22). The van der Waals surface area contributed by atoms with Gasteiger partial charge in [-0.1, -0.05) is 12.1 Å². The molecule has 0 aliphatic carbocycles. The molecule has 1 amide bonds. The van der Waals surface area contributed by atoms with Gasteiger partial charge >= 0.3 is 5.63 Å². The van der Waals surface area contributed by atoms with Gasteiger partial charge in [0.15, 0.2) is 0 Å². The number of hydrogen-bond donors (Lipinski definition) is 1. The van der Waals surface area contributed by atoms with Crippen LogP contribution in [0.4, 0.5) is 0 Å². The molecule has 0 bridgehead atoms. The Bertz CT molecular complexity index is 966. The van der Waals surface area contributed by atoms with Gasteiger partial charge in [-0.15, -0.1) is 0 Å². The zero-order chi connectivity index (χ0) is 16.7. The minimum absolute atomic E-state index is 0.0733. The second kappa shape index (κ2) is 5.63. The van der Waals surface area contributed by atoms with Crippen molar-refractivity contribution in [2.24, 2.45) is 0 Å². The molecular formula is C18H17N3O3. The lowest BCUT2D eigenvalue weighted by molar-refractivity contribution is -0.121. The molecule has 3 aromatic rings. The van der Waals surface area contributed by atoms with E-state index in [9.17, 15) is 9.59 Å². The van der Waals surface area contributed by atoms with Gasteiger partial charge in [-0.2, -0.15) is 0 Å². The van der Waals surface area contributed by atoms with Crippen molar-refractivity contribution in [3.63, 3.8) is 0 Å². The van der Waals surface area contributed by atoms with Crippen molar-refractivity contribution in [3.05, 3.63) is 64.0 Å². The van der Waals surface area contributed by atoms with Crippen LogP contribution in [0.15, 0.2) is 46.0 Å². The fourth-order valence-corrected chi connectivity index (χ4v) is 3.27. The number of carbonyl (C=O) groups excluding carboxylic acids is 1. The number of rotatable bonds is 3. The summed E-state index contributed by atoms with van der Waals surface area (Å²) in [5, 5.41) is 3.84. The molecule has 1 aliphatic rings. The normalized spacial score (nSPS) is 16.3. The SMILES string of the molecule is Cc1ccc2c(CC(=O)NC3Cc4cncn4C3)cc(=O)oc2c1. The van der Waals surface area contributed by atoms with Crippen molar-refractivity contribution < 1.29 is 9.21 Å². The monoisotopic (exact) mass is 323 g/mol. The van der Waals surface area contributed by atoms with Gasteiger partial charge < -0.3 is 14.3 Å². The van der Waals surface area contributed by atoms with E-state index in [4.69, 9.17) is 4.42 Å². The van der Waals surface area contributed by atoms with Crippen LogP contribution in [-0.4, -0.2) is 21.5 Å². The van der Waals surface area contributed by atoms with Gasteiger partial charge in [-0.05, 0) is 24.1 Å². The molecule has 0 saturated carbocycles. The molecule has 1 aromatic carbocycles. The van der Waals surface area contributed by atoms with Crippen LogP contribution in [-0.2, 0) is 24.2 Å². The quantitative estimate of drug-likeness (QED) is 0.743. The van der Waals surface area contributed by atoms with Crippen molar-refractivity contribution in [2.45, 2.75) is 32.4 Å². The van der Waals surface area contributed by atoms with Gasteiger partial charge in [0.25, 0.3) is 0 Å². The lowest BCUT2D eigenvalue weighted by Gasteiger charge is -2.12. The van der Waals surface area contributed by atoms with E-state index in [1.54, 1.807) is 6.33 Å². The van der Waals surface area contributed by atoms with Gasteiger partial charge in [-0.25, -0.2) is 9.78 Å². The average molecular weight is 323 g/mol. The first-order valence-electron chi connectivity index (χ1n) is 7.90. The zero-order valence-electron chi connectivity index (χ0n) is 13.3. The zero-order valence-corrected chi connectivity index (χ0v) is 13.3. The summed E-state index contributed by atoms with van der Waals surface area (Å²) >= 11 is 0. The van der Waals surface area contributed by atoms with Crippen molar-refractivity contribution in [3.8, 4) is 0 Å². The summed E-state index contributed by atoms with van der Waals surface area (Å²) in [5.41, 5.74) is 2.92. The molecule has 0 fully saturated rings. The number of aromatic nitrogens is 2. The summed E-state index contributed by atoms with van der Waals surface area (Å²) in [4.78, 5) is 28.2. The molecule has 3 heterocycles. The van der Waals surface area contributed by atoms with Gasteiger partial charge in [0.2, 0.25) is 5.91 Å². The summed E-state index contributed by atoms with van der Waals surface area (Å²) in [6, 6.07) is 7.13. The highest BCUT2D eigenvalue weighted by Gasteiger charge is 2.23. The maximum Gasteiger partial charge on any atom is 0.336 e. The maximum atomic E-state index is 12.4. The number of imidazole rings is 1. The number of amides is 1. The molecule has 24 heavy (non-hydrogen) atoms. The van der Waals surface area contributed by atoms with Crippen LogP contribution in [0, 0.1) is 6.92 Å². The van der Waals surface area contributed by atoms with Crippen LogP contribution in [0.1, 0.15) is 16.8 Å². The van der Waals surface area contributed by atoms with Crippen LogP contribution < -0.4 is 10.9 Å². The third-order valence-electron chi connectivity index (χ3n) is 4.37. The highest BCUT2D eigenvalue weighted by atomic mass is 16.4. The van der Waals surface area contributed by atoms with E-state index in [2.05, 4.69) is 10.3 Å². The molecule has 0 radical (unpaired) electrons. The van der Waals surface area contributed by atoms with Gasteiger partial charge in [-0.3, -0.25) is 4.79 Å². The molecule has 0 saturated heterocycles. The van der Waals surface area contributed by atoms with E-state index in [-0.39, 0.29) is 18.4 Å². The molecular weight excluding hydrogens is 306 g/mol. The van der Waals surface area contributed by atoms with E-state index in [0.717, 1.165) is 29.6 Å². The number of benzene rings is 1. The molecule has 6 heteroatoms. The van der Waals surface area contributed by atoms with E-state index in [1.807, 2.05) is 35.9 Å². The smallest absolute Gasteiger partial charge is 0.336 e. The van der Waals surface area contributed by atoms with Crippen LogP contribution in [0.2, 0.25) is 0 Å². The molecule has 1 aliphatic heterocycles. The summed E-state index contributed by atoms with van der Waals surface area (Å²) < 4.78 is 7.27. The van der Waals surface area contributed by atoms with E-state index in [0.29, 0.717) is 11.1 Å². The third kappa shape index (κ3) is 2.71. The van der Waals surface area contributed by atoms with Crippen molar-refractivity contribution >= 4 is 16.9 Å². The van der Waals surface area contributed by atoms with Crippen LogP contribution in [0.3, 0.4) is 0 Å². The lowest BCUT2D eigenvalue weighted by Crippen LogP contribution is -2.37. The van der Waals surface area contributed by atoms with E-state index >= 15 is 0 Å². The number of nitrogens with one attached hydrogen (secondary N) is 1. The highest BCUT2D eigenvalue weighted by Crippen LogP contribution is 2.19. The Morgan fingerprint density at radius 3 is 3.12 bits per heavy atom. The molecule has 0 spiro atoms. The Balaban J connectivity index is 1.53. The van der Waals surface area contributed by atoms with E-state index in [1.165, 1.54) is 6.07 Å². The fourth-order valence-electron chi connectivity index (χ4n) is 3.27. The minimum Gasteiger partial charge on any atom is -0.423 e. The highest BCUT2D eigenvalue weighted by molar-refractivity contribution is 5.87. The first-order valence-corrected chi connectivity index (χ1v) is 7.90. The molecule has 6 nitrogen and oxygen atoms in total. The first kappa shape index (κ1) is 14.7. The number of hydrogen-bond acceptors (Lipinski definition) is 4. The maximum absolute atomic E-state index is 12.4. The lowest BCUT2D eigenvalue weighted by atomic mass is 10.0. The molecule has 1 N–H and O–H groups in total. The Labute approximate surface area is 138 Å². The summed E-state index contributed by atoms with van der Waals surface area (Å²) in [5.74, 6) is -0.0915. The minimum atomic E-state index is -0.432. The molecule has 1 atom stereocenters. The average Bonchev–Trinajstić information content (AvgIpc) is 3.07. The van der Waals surface area contributed by atoms with Gasteiger partial charge in [0.1, 0.15) is 5.58 Å². The Morgan fingerprint density at radius 1 is 1.42 bits per heavy atom. The molecule has 122 valence electrons. The number of nitrogens with zero attached hydrogens (tertiary/aromatic N) is 2. The Kier molecular flexibility index (Phi) is 3.45. The topological polar surface area (TPSA) is 77.1 Å². The predicted molar refractivity (Wildman–Crippen MR) is 88.8 cm³/mol. The summed E-state index contributed by atoms with van der Waals surface area (Å²) in [6.45, 7) is 2.67. The second-order valence-electron chi connectivity index (χ2n) is 6.27. The van der Waals surface area contributed by atoms with Crippen LogP contribution >= 0.6 is 0 Å². The predicted octanol–water partition coefficient (Wildman–Crippen LogP) is 1.58. The Morgan fingerprint density at radius 2 is 2.29 bits per heavy atom. The van der Waals surface area contributed by atoms with E-state index < -0.39 is 5.63 Å². The number of carbonyl (C=O) groups is 1. The third-order valence-corrected chi connectivity index (χ3v) is 4.37. The Hall–Kier alpha value is -2.89. The molecule has 4 rings (SSSR count). The summed E-state index contributed by atoms with van der Waals surface area (Å²) in [7, 11) is 0. The first-order chi connectivity index (χ1) is 11.6. The largest absolute Gasteiger partial charge is 0.423 e. The van der Waals surface area contributed by atoms with Crippen molar-refractivity contribution in [2.75, 3.05) is 0 Å². The van der Waals surface area contributed by atoms with Gasteiger partial charge in [0.05, 0.1) is 18.8 Å². The number of fused-ring (bicyclic) bond motifs is 2. The fraction of sp³-hybridized carbons (Fsp3) is 0.278. The van der Waals surface area contributed by atoms with Crippen LogP contribution in [0.5, 0.6) is 0 Å². The van der Waals surface area contributed by atoms with Crippen LogP contribution in [0.25, 0.3) is 11.0 Å². The molecule has 2 aromatic heterocycles. The van der Waals surface area contributed by atoms with Crippen molar-refractivity contribution in [1.29, 1.82) is 0 Å². The second-order valence-corrected chi connectivity index (χ2v) is 6.27. The number of aryl methyl sites for hydroxylation is 1. The molecule has 1 unspecified atom stereocenters. The van der Waals surface area contributed by atoms with Gasteiger partial charge in [0, 0.05) is 36.3 Å². The van der Waals surface area contributed by atoms with Crippen molar-refractivity contribution in [1.82, 2.24) is 14.9 Å². The summed E-state index contributed by atoms with van der Waals surface area (Å²) in [6.07, 6.45) is 4.54.